The summed E-state index contributed by atoms with van der Waals surface area (Å²) in [7, 11) is 0. The first-order valence-electron chi connectivity index (χ1n) is 16.2. The Balaban J connectivity index is 1.17. The first-order chi connectivity index (χ1) is 22.3. The second-order valence-corrected chi connectivity index (χ2v) is 12.8. The number of rotatable bonds is 9. The van der Waals surface area contributed by atoms with E-state index in [-0.39, 0.29) is 52.3 Å². The highest BCUT2D eigenvalue weighted by Crippen LogP contribution is 2.46. The zero-order valence-corrected chi connectivity index (χ0v) is 26.0. The lowest BCUT2D eigenvalue weighted by Crippen LogP contribution is -2.53. The van der Waals surface area contributed by atoms with Gasteiger partial charge in [-0.05, 0) is 84.4 Å². The van der Waals surface area contributed by atoms with Crippen molar-refractivity contribution in [3.8, 4) is 28.7 Å². The number of phenols is 5. The lowest BCUT2D eigenvalue weighted by atomic mass is 9.71. The van der Waals surface area contributed by atoms with Gasteiger partial charge in [-0.25, -0.2) is 0 Å². The van der Waals surface area contributed by atoms with Gasteiger partial charge in [0.1, 0.15) is 5.75 Å². The van der Waals surface area contributed by atoms with E-state index in [1.165, 1.54) is 23.8 Å². The summed E-state index contributed by atoms with van der Waals surface area (Å²) in [5.41, 5.74) is 3.87. The molecule has 1 aliphatic carbocycles. The zero-order chi connectivity index (χ0) is 32.3. The summed E-state index contributed by atoms with van der Waals surface area (Å²) in [6.07, 6.45) is 10.8. The molecular weight excluding hydrogens is 582 g/mol. The maximum Gasteiger partial charge on any atom is 0.169 e. The fraction of sp³-hybridized carbons (Fsp3) is 0.368. The molecule has 0 aromatic heterocycles. The molecule has 0 radical (unpaired) electrons. The fourth-order valence-electron chi connectivity index (χ4n) is 7.34. The number of aromatic hydroxyl groups is 5. The van der Waals surface area contributed by atoms with Crippen LogP contribution in [-0.4, -0.2) is 55.5 Å². The Morgan fingerprint density at radius 3 is 2.39 bits per heavy atom. The van der Waals surface area contributed by atoms with Crippen molar-refractivity contribution >= 4 is 22.9 Å². The largest absolute Gasteiger partial charge is 0.507 e. The normalized spacial score (nSPS) is 21.8. The quantitative estimate of drug-likeness (QED) is 0.0824. The van der Waals surface area contributed by atoms with E-state index >= 15 is 0 Å². The van der Waals surface area contributed by atoms with Gasteiger partial charge < -0.3 is 40.7 Å². The Hall–Kier alpha value is -4.24. The van der Waals surface area contributed by atoms with Gasteiger partial charge in [0, 0.05) is 37.3 Å². The highest BCUT2D eigenvalue weighted by Gasteiger charge is 2.45. The molecule has 4 aromatic rings. The molecule has 2 aliphatic rings. The number of nitrogens with one attached hydrogen (secondary N) is 1. The van der Waals surface area contributed by atoms with E-state index in [0.717, 1.165) is 57.2 Å². The van der Waals surface area contributed by atoms with Gasteiger partial charge >= 0.3 is 0 Å². The summed E-state index contributed by atoms with van der Waals surface area (Å²) in [6.45, 7) is 1.65. The molecule has 242 valence electrons. The summed E-state index contributed by atoms with van der Waals surface area (Å²) < 4.78 is 6.30. The Bertz CT molecular complexity index is 1710. The number of aliphatic hydroxyl groups excluding tert-OH is 1. The maximum atomic E-state index is 11.1. The number of hydrogen-bond donors (Lipinski definition) is 7. The van der Waals surface area contributed by atoms with Gasteiger partial charge in [0.25, 0.3) is 0 Å². The van der Waals surface area contributed by atoms with Crippen molar-refractivity contribution in [3.63, 3.8) is 0 Å². The molecule has 0 amide bonds. The molecule has 8 heteroatoms. The van der Waals surface area contributed by atoms with E-state index in [4.69, 9.17) is 4.74 Å². The monoisotopic (exact) mass is 625 g/mol. The van der Waals surface area contributed by atoms with Crippen LogP contribution in [0.5, 0.6) is 28.7 Å². The average molecular weight is 626 g/mol. The maximum absolute atomic E-state index is 11.1. The van der Waals surface area contributed by atoms with Gasteiger partial charge in [-0.2, -0.15) is 0 Å². The minimum atomic E-state index is -0.364. The summed E-state index contributed by atoms with van der Waals surface area (Å²) >= 11 is 0. The third-order valence-electron chi connectivity index (χ3n) is 9.94. The van der Waals surface area contributed by atoms with Crippen molar-refractivity contribution < 1.29 is 35.4 Å². The number of ether oxygens (including phenoxy) is 1. The molecule has 6 rings (SSSR count). The van der Waals surface area contributed by atoms with Crippen LogP contribution in [0, 0.1) is 5.92 Å². The van der Waals surface area contributed by atoms with Gasteiger partial charge in [0.15, 0.2) is 23.0 Å². The van der Waals surface area contributed by atoms with Crippen molar-refractivity contribution in [2.75, 3.05) is 13.2 Å². The van der Waals surface area contributed by atoms with Crippen LogP contribution in [0.2, 0.25) is 0 Å². The third-order valence-corrected chi connectivity index (χ3v) is 9.94. The molecule has 7 N–H and O–H groups in total. The number of phenolic OH excluding ortho intramolecular Hbond substituents is 5. The second-order valence-electron chi connectivity index (χ2n) is 12.8. The van der Waals surface area contributed by atoms with Gasteiger partial charge in [0.2, 0.25) is 0 Å². The van der Waals surface area contributed by atoms with Gasteiger partial charge in [0.05, 0.1) is 11.0 Å². The fourth-order valence-corrected chi connectivity index (χ4v) is 7.34. The lowest BCUT2D eigenvalue weighted by molar-refractivity contribution is -0.152. The minimum absolute atomic E-state index is 0.138. The predicted molar refractivity (Wildman–Crippen MR) is 179 cm³/mol. The molecule has 0 unspecified atom stereocenters. The smallest absolute Gasteiger partial charge is 0.169 e. The Morgan fingerprint density at radius 1 is 0.804 bits per heavy atom. The Morgan fingerprint density at radius 2 is 1.61 bits per heavy atom. The molecule has 1 aliphatic heterocycles. The molecule has 1 saturated heterocycles. The second kappa shape index (κ2) is 13.6. The van der Waals surface area contributed by atoms with Crippen LogP contribution in [0.25, 0.3) is 22.9 Å². The summed E-state index contributed by atoms with van der Waals surface area (Å²) in [6, 6.07) is 18.2. The van der Waals surface area contributed by atoms with Crippen LogP contribution >= 0.6 is 0 Å². The standard InChI is InChI=1S/C38H43NO7/c40-23-27-4-1-2-18-38(27)21-28(17-19-46-38)39-22-26-9-7-24(8-10-26)11-15-31-29(14-12-25-13-16-32(41)34(43)20-25)30-5-3-6-33(42)35(30)37(45)36(31)44/h3,5-10,12-14,16,20,27-28,39-45H,1-2,4,11,15,17-19,21-23H2/t27-,28-,38+/m0/s1. The molecule has 1 saturated carbocycles. The molecular formula is C38H43NO7. The third kappa shape index (κ3) is 6.51. The van der Waals surface area contributed by atoms with Crippen LogP contribution in [0.1, 0.15) is 66.3 Å². The number of benzene rings is 4. The van der Waals surface area contributed by atoms with Crippen LogP contribution < -0.4 is 5.32 Å². The average Bonchev–Trinajstić information content (AvgIpc) is 3.06. The highest BCUT2D eigenvalue weighted by atomic mass is 16.5. The van der Waals surface area contributed by atoms with Crippen LogP contribution in [0.3, 0.4) is 0 Å². The van der Waals surface area contributed by atoms with E-state index in [9.17, 15) is 30.6 Å². The van der Waals surface area contributed by atoms with E-state index in [2.05, 4.69) is 29.6 Å². The van der Waals surface area contributed by atoms with Crippen molar-refractivity contribution in [3.05, 3.63) is 88.5 Å². The number of aliphatic hydroxyl groups is 1. The molecule has 1 spiro atoms. The predicted octanol–water partition coefficient (Wildman–Crippen LogP) is 6.51. The van der Waals surface area contributed by atoms with Crippen molar-refractivity contribution in [1.82, 2.24) is 5.32 Å². The molecule has 46 heavy (non-hydrogen) atoms. The first kappa shape index (κ1) is 31.7. The van der Waals surface area contributed by atoms with E-state index in [1.807, 2.05) is 0 Å². The summed E-state index contributed by atoms with van der Waals surface area (Å²) in [4.78, 5) is 0. The highest BCUT2D eigenvalue weighted by molar-refractivity contribution is 6.03. The van der Waals surface area contributed by atoms with Crippen molar-refractivity contribution in [2.24, 2.45) is 5.92 Å². The number of aryl methyl sites for hydroxylation is 1. The van der Waals surface area contributed by atoms with E-state index in [1.54, 1.807) is 30.4 Å². The van der Waals surface area contributed by atoms with Gasteiger partial charge in [-0.1, -0.05) is 67.5 Å². The zero-order valence-electron chi connectivity index (χ0n) is 26.0. The van der Waals surface area contributed by atoms with Gasteiger partial charge in [-0.3, -0.25) is 0 Å². The molecule has 0 bridgehead atoms. The summed E-state index contributed by atoms with van der Waals surface area (Å²) in [5.74, 6) is -1.02. The van der Waals surface area contributed by atoms with Crippen LogP contribution in [0.4, 0.5) is 0 Å². The molecule has 2 fully saturated rings. The van der Waals surface area contributed by atoms with Crippen LogP contribution in [0.15, 0.2) is 60.7 Å². The minimum Gasteiger partial charge on any atom is -0.507 e. The molecule has 4 aromatic carbocycles. The Kier molecular flexibility index (Phi) is 9.40. The van der Waals surface area contributed by atoms with Gasteiger partial charge in [-0.15, -0.1) is 0 Å². The first-order valence-corrected chi connectivity index (χ1v) is 16.2. The molecule has 1 heterocycles. The summed E-state index contributed by atoms with van der Waals surface area (Å²) in [5, 5.41) is 66.6. The van der Waals surface area contributed by atoms with E-state index < -0.39 is 0 Å². The topological polar surface area (TPSA) is 143 Å². The number of fused-ring (bicyclic) bond motifs is 1. The number of hydrogen-bond acceptors (Lipinski definition) is 8. The van der Waals surface area contributed by atoms with Crippen LogP contribution in [-0.2, 0) is 24.1 Å². The Labute approximate surface area is 269 Å². The molecule has 3 atom stereocenters. The SMILES string of the molecule is OC[C@@H]1CCCC[C@@]12C[C@@H](NCc1ccc(CCc3c(O)c(O)c4c(O)cccc4c3C=Cc3ccc(O)c(O)c3)cc1)CCO2. The lowest BCUT2D eigenvalue weighted by Gasteiger charge is -2.48. The molecule has 8 nitrogen and oxygen atoms in total. The van der Waals surface area contributed by atoms with E-state index in [0.29, 0.717) is 41.0 Å². The van der Waals surface area contributed by atoms with Crippen molar-refractivity contribution in [1.29, 1.82) is 0 Å². The van der Waals surface area contributed by atoms with Crippen molar-refractivity contribution in [2.45, 2.75) is 69.6 Å².